The summed E-state index contributed by atoms with van der Waals surface area (Å²) in [4.78, 5) is 0. The van der Waals surface area contributed by atoms with Crippen molar-refractivity contribution in [1.82, 2.24) is 0 Å². The SMILES string of the molecule is [CH]C(CS(=O)(=O)O)c1ccccc1. The van der Waals surface area contributed by atoms with E-state index in [0.29, 0.717) is 5.56 Å². The maximum Gasteiger partial charge on any atom is 0.265 e. The highest BCUT2D eigenvalue weighted by atomic mass is 32.2. The predicted molar refractivity (Wildman–Crippen MR) is 49.9 cm³/mol. The van der Waals surface area contributed by atoms with E-state index in [1.54, 1.807) is 24.3 Å². The molecule has 1 aromatic carbocycles. The lowest BCUT2D eigenvalue weighted by Gasteiger charge is -2.08. The van der Waals surface area contributed by atoms with Gasteiger partial charge in [-0.3, -0.25) is 4.55 Å². The van der Waals surface area contributed by atoms with Gasteiger partial charge in [-0.05, 0) is 12.5 Å². The zero-order valence-corrected chi connectivity index (χ0v) is 7.74. The topological polar surface area (TPSA) is 54.4 Å². The Balaban J connectivity index is 2.76. The highest BCUT2D eigenvalue weighted by Crippen LogP contribution is 2.15. The Labute approximate surface area is 78.2 Å². The molecule has 0 fully saturated rings. The first-order valence-corrected chi connectivity index (χ1v) is 5.35. The third kappa shape index (κ3) is 3.57. The fraction of sp³-hybridized carbons (Fsp3) is 0.222. The molecule has 0 aliphatic carbocycles. The van der Waals surface area contributed by atoms with Crippen LogP contribution in [0.15, 0.2) is 30.3 Å². The van der Waals surface area contributed by atoms with E-state index in [1.807, 2.05) is 6.07 Å². The van der Waals surface area contributed by atoms with Crippen molar-refractivity contribution in [3.05, 3.63) is 42.8 Å². The van der Waals surface area contributed by atoms with Crippen LogP contribution in [0.1, 0.15) is 11.5 Å². The minimum atomic E-state index is -4.00. The normalized spacial score (nSPS) is 14.0. The van der Waals surface area contributed by atoms with Crippen LogP contribution in [-0.2, 0) is 10.1 Å². The van der Waals surface area contributed by atoms with Crippen molar-refractivity contribution in [2.75, 3.05) is 5.75 Å². The van der Waals surface area contributed by atoms with E-state index in [9.17, 15) is 8.42 Å². The molecule has 0 bridgehead atoms. The van der Waals surface area contributed by atoms with Gasteiger partial charge >= 0.3 is 0 Å². The molecule has 0 saturated heterocycles. The second-order valence-electron chi connectivity index (χ2n) is 2.77. The summed E-state index contributed by atoms with van der Waals surface area (Å²) in [5.41, 5.74) is 0.695. The van der Waals surface area contributed by atoms with Crippen LogP contribution in [0, 0.1) is 6.92 Å². The van der Waals surface area contributed by atoms with Crippen LogP contribution < -0.4 is 0 Å². The molecule has 3 nitrogen and oxygen atoms in total. The van der Waals surface area contributed by atoms with Gasteiger partial charge in [-0.1, -0.05) is 30.3 Å². The lowest BCUT2D eigenvalue weighted by Crippen LogP contribution is -2.11. The van der Waals surface area contributed by atoms with Crippen molar-refractivity contribution in [2.45, 2.75) is 5.92 Å². The van der Waals surface area contributed by atoms with Gasteiger partial charge in [0.2, 0.25) is 0 Å². The van der Waals surface area contributed by atoms with Gasteiger partial charge in [0.15, 0.2) is 0 Å². The van der Waals surface area contributed by atoms with E-state index in [2.05, 4.69) is 0 Å². The Morgan fingerprint density at radius 2 is 1.85 bits per heavy atom. The van der Waals surface area contributed by atoms with E-state index >= 15 is 0 Å². The summed E-state index contributed by atoms with van der Waals surface area (Å²) in [6.07, 6.45) is 0. The van der Waals surface area contributed by atoms with Gasteiger partial charge in [-0.25, -0.2) is 0 Å². The van der Waals surface area contributed by atoms with Crippen LogP contribution in [0.2, 0.25) is 0 Å². The summed E-state index contributed by atoms with van der Waals surface area (Å²) in [5.74, 6) is -1.12. The summed E-state index contributed by atoms with van der Waals surface area (Å²) in [5, 5.41) is 0. The smallest absolute Gasteiger partial charge is 0.265 e. The molecule has 0 spiro atoms. The number of rotatable bonds is 3. The summed E-state index contributed by atoms with van der Waals surface area (Å²) >= 11 is 0. The van der Waals surface area contributed by atoms with Gasteiger partial charge in [0.05, 0.1) is 5.75 Å². The zero-order valence-electron chi connectivity index (χ0n) is 6.92. The van der Waals surface area contributed by atoms with Crippen LogP contribution in [0.4, 0.5) is 0 Å². The average molecular weight is 198 g/mol. The minimum absolute atomic E-state index is 0.447. The Hall–Kier alpha value is -0.870. The summed E-state index contributed by atoms with van der Waals surface area (Å²) in [6.45, 7) is 5.54. The second-order valence-corrected chi connectivity index (χ2v) is 4.26. The third-order valence-corrected chi connectivity index (χ3v) is 2.40. The fourth-order valence-electron chi connectivity index (χ4n) is 1.02. The lowest BCUT2D eigenvalue weighted by atomic mass is 10.0. The van der Waals surface area contributed by atoms with E-state index in [4.69, 9.17) is 11.5 Å². The summed E-state index contributed by atoms with van der Waals surface area (Å²) < 4.78 is 29.5. The molecule has 0 aliphatic heterocycles. The van der Waals surface area contributed by atoms with E-state index < -0.39 is 21.8 Å². The van der Waals surface area contributed by atoms with Crippen LogP contribution in [0.5, 0.6) is 0 Å². The van der Waals surface area contributed by atoms with Crippen molar-refractivity contribution in [3.8, 4) is 0 Å². The van der Waals surface area contributed by atoms with Crippen LogP contribution in [-0.4, -0.2) is 18.7 Å². The first-order valence-electron chi connectivity index (χ1n) is 3.75. The van der Waals surface area contributed by atoms with Crippen molar-refractivity contribution >= 4 is 10.1 Å². The van der Waals surface area contributed by atoms with Crippen molar-refractivity contribution in [2.24, 2.45) is 0 Å². The minimum Gasteiger partial charge on any atom is -0.286 e. The third-order valence-electron chi connectivity index (χ3n) is 1.62. The monoisotopic (exact) mass is 198 g/mol. The molecule has 1 atom stereocenters. The largest absolute Gasteiger partial charge is 0.286 e. The van der Waals surface area contributed by atoms with Crippen LogP contribution in [0.25, 0.3) is 0 Å². The molecule has 0 saturated carbocycles. The van der Waals surface area contributed by atoms with Gasteiger partial charge in [-0.15, -0.1) is 0 Å². The highest BCUT2D eigenvalue weighted by Gasteiger charge is 2.13. The fourth-order valence-corrected chi connectivity index (χ4v) is 1.67. The summed E-state index contributed by atoms with van der Waals surface area (Å²) in [6, 6.07) is 8.77. The molecule has 0 aliphatic rings. The standard InChI is InChI=1S/C9H10O3S/c1-8(7-13(10,11)12)9-5-3-2-4-6-9/h1-6,8H,7H2,(H,10,11,12). The van der Waals surface area contributed by atoms with Crippen molar-refractivity contribution < 1.29 is 13.0 Å². The second kappa shape index (κ2) is 3.89. The molecule has 4 heteroatoms. The van der Waals surface area contributed by atoms with Gasteiger partial charge in [0.25, 0.3) is 10.1 Å². The molecule has 0 aromatic heterocycles. The van der Waals surface area contributed by atoms with E-state index in [-0.39, 0.29) is 0 Å². The summed E-state index contributed by atoms with van der Waals surface area (Å²) in [7, 11) is -4.00. The molecule has 0 amide bonds. The molecule has 2 radical (unpaired) electrons. The Morgan fingerprint density at radius 3 is 2.31 bits per heavy atom. The van der Waals surface area contributed by atoms with E-state index in [1.165, 1.54) is 0 Å². The van der Waals surface area contributed by atoms with Crippen LogP contribution >= 0.6 is 0 Å². The molecule has 13 heavy (non-hydrogen) atoms. The molecule has 70 valence electrons. The first kappa shape index (κ1) is 10.2. The average Bonchev–Trinajstić information content (AvgIpc) is 2.03. The number of hydrogen-bond acceptors (Lipinski definition) is 2. The quantitative estimate of drug-likeness (QED) is 0.746. The van der Waals surface area contributed by atoms with Gasteiger partial charge in [0, 0.05) is 5.92 Å². The van der Waals surface area contributed by atoms with Crippen molar-refractivity contribution in [3.63, 3.8) is 0 Å². The van der Waals surface area contributed by atoms with E-state index in [0.717, 1.165) is 0 Å². The van der Waals surface area contributed by atoms with Gasteiger partial charge in [-0.2, -0.15) is 8.42 Å². The maximum atomic E-state index is 10.5. The first-order chi connectivity index (χ1) is 5.99. The molecular weight excluding hydrogens is 188 g/mol. The number of benzene rings is 1. The Bertz CT molecular complexity index is 356. The van der Waals surface area contributed by atoms with Crippen LogP contribution in [0.3, 0.4) is 0 Å². The molecular formula is C9H10O3S. The molecule has 1 aromatic rings. The zero-order chi connectivity index (χ0) is 9.90. The molecule has 1 unspecified atom stereocenters. The molecule has 1 rings (SSSR count). The lowest BCUT2D eigenvalue weighted by molar-refractivity contribution is 0.480. The van der Waals surface area contributed by atoms with Gasteiger partial charge < -0.3 is 0 Å². The molecule has 0 heterocycles. The maximum absolute atomic E-state index is 10.5. The molecule has 1 N–H and O–H groups in total. The van der Waals surface area contributed by atoms with Crippen molar-refractivity contribution in [1.29, 1.82) is 0 Å². The predicted octanol–water partition coefficient (Wildman–Crippen LogP) is 1.37. The van der Waals surface area contributed by atoms with Gasteiger partial charge in [0.1, 0.15) is 0 Å². The Kier molecular flexibility index (Phi) is 3.06. The highest BCUT2D eigenvalue weighted by molar-refractivity contribution is 7.85. The Morgan fingerprint density at radius 1 is 1.31 bits per heavy atom. The number of hydrogen-bond donors (Lipinski definition) is 1.